The summed E-state index contributed by atoms with van der Waals surface area (Å²) in [6, 6.07) is 0.252. The number of nitrogens with one attached hydrogen (secondary N) is 2. The first-order valence-corrected chi connectivity index (χ1v) is 8.28. The van der Waals surface area contributed by atoms with Crippen LogP contribution in [0.3, 0.4) is 0 Å². The van der Waals surface area contributed by atoms with Crippen molar-refractivity contribution < 1.29 is 4.79 Å². The van der Waals surface area contributed by atoms with Crippen LogP contribution in [-0.4, -0.2) is 49.6 Å². The lowest BCUT2D eigenvalue weighted by atomic mass is 9.91. The van der Waals surface area contributed by atoms with Crippen molar-refractivity contribution in [3.63, 3.8) is 0 Å². The third-order valence-corrected chi connectivity index (χ3v) is 4.53. The van der Waals surface area contributed by atoms with Gasteiger partial charge in [-0.2, -0.15) is 0 Å². The van der Waals surface area contributed by atoms with Gasteiger partial charge in [0, 0.05) is 32.2 Å². The Kier molecular flexibility index (Phi) is 10.7. The van der Waals surface area contributed by atoms with Crippen molar-refractivity contribution in [1.82, 2.24) is 15.5 Å². The molecular formula is C16H33Cl2N3O. The zero-order valence-electron chi connectivity index (χ0n) is 14.1. The standard InChI is InChI=1S/C16H31N3O.2ClH/c1-12-7-13(2)10-19(9-12)11-14(3)18-16(20)15-5-4-6-17-8-15;;/h12-15,17H,4-11H2,1-3H3,(H,18,20);2*1H. The van der Waals surface area contributed by atoms with Crippen LogP contribution in [0, 0.1) is 17.8 Å². The molecule has 2 aliphatic heterocycles. The van der Waals surface area contributed by atoms with Crippen molar-refractivity contribution in [2.24, 2.45) is 17.8 Å². The molecule has 0 aromatic rings. The van der Waals surface area contributed by atoms with Crippen LogP contribution in [0.2, 0.25) is 0 Å². The molecule has 0 bridgehead atoms. The molecule has 2 aliphatic rings. The molecule has 4 unspecified atom stereocenters. The summed E-state index contributed by atoms with van der Waals surface area (Å²) >= 11 is 0. The second-order valence-electron chi connectivity index (χ2n) is 7.12. The molecule has 0 spiro atoms. The molecular weight excluding hydrogens is 321 g/mol. The summed E-state index contributed by atoms with van der Waals surface area (Å²) in [5.74, 6) is 1.97. The number of likely N-dealkylation sites (tertiary alicyclic amines) is 1. The number of amides is 1. The molecule has 2 fully saturated rings. The van der Waals surface area contributed by atoms with Gasteiger partial charge in [-0.3, -0.25) is 4.79 Å². The molecule has 1 amide bonds. The molecule has 4 atom stereocenters. The highest BCUT2D eigenvalue weighted by Gasteiger charge is 2.25. The highest BCUT2D eigenvalue weighted by atomic mass is 35.5. The monoisotopic (exact) mass is 353 g/mol. The van der Waals surface area contributed by atoms with Crippen LogP contribution < -0.4 is 10.6 Å². The number of hydrogen-bond donors (Lipinski definition) is 2. The van der Waals surface area contributed by atoms with Crippen LogP contribution in [0.15, 0.2) is 0 Å². The molecule has 2 N–H and O–H groups in total. The van der Waals surface area contributed by atoms with Gasteiger partial charge in [-0.1, -0.05) is 13.8 Å². The summed E-state index contributed by atoms with van der Waals surface area (Å²) in [6.07, 6.45) is 3.49. The topological polar surface area (TPSA) is 44.4 Å². The van der Waals surface area contributed by atoms with E-state index >= 15 is 0 Å². The molecule has 4 nitrogen and oxygen atoms in total. The average Bonchev–Trinajstić information content (AvgIpc) is 2.38. The Balaban J connectivity index is 0.00000220. The smallest absolute Gasteiger partial charge is 0.224 e. The van der Waals surface area contributed by atoms with E-state index in [-0.39, 0.29) is 42.7 Å². The molecule has 0 aromatic carbocycles. The Labute approximate surface area is 148 Å². The van der Waals surface area contributed by atoms with Crippen molar-refractivity contribution in [3.05, 3.63) is 0 Å². The van der Waals surface area contributed by atoms with Crippen LogP contribution in [0.5, 0.6) is 0 Å². The lowest BCUT2D eigenvalue weighted by molar-refractivity contribution is -0.126. The van der Waals surface area contributed by atoms with Crippen molar-refractivity contribution >= 4 is 30.7 Å². The molecule has 132 valence electrons. The molecule has 0 aliphatic carbocycles. The van der Waals surface area contributed by atoms with Gasteiger partial charge in [0.15, 0.2) is 0 Å². The predicted molar refractivity (Wildman–Crippen MR) is 97.1 cm³/mol. The lowest BCUT2D eigenvalue weighted by Crippen LogP contribution is -2.49. The first-order valence-electron chi connectivity index (χ1n) is 8.28. The first-order chi connectivity index (χ1) is 9.54. The van der Waals surface area contributed by atoms with Gasteiger partial charge in [0.25, 0.3) is 0 Å². The SMILES string of the molecule is CC1CC(C)CN(CC(C)NC(=O)C2CCCNC2)C1.Cl.Cl. The number of carbonyl (C=O) groups excluding carboxylic acids is 1. The molecule has 2 heterocycles. The summed E-state index contributed by atoms with van der Waals surface area (Å²) in [6.45, 7) is 12.0. The molecule has 2 saturated heterocycles. The van der Waals surface area contributed by atoms with Gasteiger partial charge in [0.05, 0.1) is 5.92 Å². The normalized spacial score (nSPS) is 30.6. The van der Waals surface area contributed by atoms with Gasteiger partial charge >= 0.3 is 0 Å². The minimum absolute atomic E-state index is 0. The molecule has 0 radical (unpaired) electrons. The van der Waals surface area contributed by atoms with E-state index in [4.69, 9.17) is 0 Å². The van der Waals surface area contributed by atoms with E-state index in [1.54, 1.807) is 0 Å². The van der Waals surface area contributed by atoms with Crippen LogP contribution in [0.1, 0.15) is 40.0 Å². The zero-order chi connectivity index (χ0) is 14.5. The van der Waals surface area contributed by atoms with Crippen molar-refractivity contribution in [3.8, 4) is 0 Å². The van der Waals surface area contributed by atoms with Crippen LogP contribution in [0.4, 0.5) is 0 Å². The van der Waals surface area contributed by atoms with Gasteiger partial charge in [0.1, 0.15) is 0 Å². The Morgan fingerprint density at radius 1 is 1.27 bits per heavy atom. The van der Waals surface area contributed by atoms with Gasteiger partial charge in [-0.05, 0) is 44.6 Å². The predicted octanol–water partition coefficient (Wildman–Crippen LogP) is 2.31. The number of carbonyl (C=O) groups is 1. The quantitative estimate of drug-likeness (QED) is 0.814. The first kappa shape index (κ1) is 22.0. The minimum atomic E-state index is 0. The molecule has 2 rings (SSSR count). The third kappa shape index (κ3) is 7.03. The van der Waals surface area contributed by atoms with Gasteiger partial charge in [0.2, 0.25) is 5.91 Å². The maximum Gasteiger partial charge on any atom is 0.224 e. The van der Waals surface area contributed by atoms with Gasteiger partial charge in [-0.15, -0.1) is 24.8 Å². The van der Waals surface area contributed by atoms with E-state index in [1.165, 1.54) is 19.5 Å². The third-order valence-electron chi connectivity index (χ3n) is 4.53. The van der Waals surface area contributed by atoms with Crippen molar-refractivity contribution in [1.29, 1.82) is 0 Å². The van der Waals surface area contributed by atoms with Crippen molar-refractivity contribution in [2.75, 3.05) is 32.7 Å². The summed E-state index contributed by atoms with van der Waals surface area (Å²) in [5, 5.41) is 6.52. The summed E-state index contributed by atoms with van der Waals surface area (Å²) in [5.41, 5.74) is 0. The summed E-state index contributed by atoms with van der Waals surface area (Å²) < 4.78 is 0. The molecule has 0 aromatic heterocycles. The highest BCUT2D eigenvalue weighted by molar-refractivity contribution is 5.85. The Bertz CT molecular complexity index is 315. The van der Waals surface area contributed by atoms with E-state index in [9.17, 15) is 4.79 Å². The number of piperidine rings is 2. The molecule has 22 heavy (non-hydrogen) atoms. The van der Waals surface area contributed by atoms with E-state index in [1.807, 2.05) is 0 Å². The summed E-state index contributed by atoms with van der Waals surface area (Å²) in [7, 11) is 0. The van der Waals surface area contributed by atoms with E-state index in [0.717, 1.165) is 44.3 Å². The van der Waals surface area contributed by atoms with Gasteiger partial charge < -0.3 is 15.5 Å². The van der Waals surface area contributed by atoms with Crippen LogP contribution in [-0.2, 0) is 4.79 Å². The van der Waals surface area contributed by atoms with E-state index in [2.05, 4.69) is 36.3 Å². The Morgan fingerprint density at radius 2 is 1.91 bits per heavy atom. The van der Waals surface area contributed by atoms with E-state index in [0.29, 0.717) is 0 Å². The number of hydrogen-bond acceptors (Lipinski definition) is 3. The number of rotatable bonds is 4. The maximum absolute atomic E-state index is 12.2. The highest BCUT2D eigenvalue weighted by Crippen LogP contribution is 2.21. The Hall–Kier alpha value is -0.0300. The number of nitrogens with zero attached hydrogens (tertiary/aromatic N) is 1. The fourth-order valence-electron chi connectivity index (χ4n) is 3.81. The molecule has 0 saturated carbocycles. The largest absolute Gasteiger partial charge is 0.352 e. The van der Waals surface area contributed by atoms with Crippen LogP contribution in [0.25, 0.3) is 0 Å². The minimum Gasteiger partial charge on any atom is -0.352 e. The van der Waals surface area contributed by atoms with Gasteiger partial charge in [-0.25, -0.2) is 0 Å². The second-order valence-corrected chi connectivity index (χ2v) is 7.12. The summed E-state index contributed by atoms with van der Waals surface area (Å²) in [4.78, 5) is 14.7. The average molecular weight is 354 g/mol. The van der Waals surface area contributed by atoms with Crippen molar-refractivity contribution in [2.45, 2.75) is 46.1 Å². The zero-order valence-corrected chi connectivity index (χ0v) is 15.8. The number of halogens is 2. The maximum atomic E-state index is 12.2. The fourth-order valence-corrected chi connectivity index (χ4v) is 3.81. The molecule has 6 heteroatoms. The second kappa shape index (κ2) is 10.7. The fraction of sp³-hybridized carbons (Fsp3) is 0.938. The van der Waals surface area contributed by atoms with E-state index < -0.39 is 0 Å². The Morgan fingerprint density at radius 3 is 2.45 bits per heavy atom. The van der Waals surface area contributed by atoms with Crippen LogP contribution >= 0.6 is 24.8 Å². The lowest BCUT2D eigenvalue weighted by Gasteiger charge is -2.36.